The van der Waals surface area contributed by atoms with E-state index in [-0.39, 0.29) is 0 Å². The summed E-state index contributed by atoms with van der Waals surface area (Å²) in [6.45, 7) is 14.2. The molecule has 0 aliphatic carbocycles. The minimum atomic E-state index is -1.74. The van der Waals surface area contributed by atoms with Crippen molar-refractivity contribution in [2.45, 2.75) is 64.6 Å². The second kappa shape index (κ2) is 11.8. The summed E-state index contributed by atoms with van der Waals surface area (Å²) in [6, 6.07) is 18.7. The Bertz CT molecular complexity index is 900. The summed E-state index contributed by atoms with van der Waals surface area (Å²) in [7, 11) is -0.0355. The van der Waals surface area contributed by atoms with Gasteiger partial charge in [0.25, 0.3) is 0 Å². The Morgan fingerprint density at radius 3 is 1.97 bits per heavy atom. The first-order valence-corrected chi connectivity index (χ1v) is 13.6. The molecule has 0 saturated carbocycles. The van der Waals surface area contributed by atoms with E-state index in [0.717, 1.165) is 12.2 Å². The molecule has 0 heterocycles. The molecule has 0 aliphatic heterocycles. The molecule has 0 unspecified atom stereocenters. The molecule has 0 aromatic heterocycles. The van der Waals surface area contributed by atoms with Crippen LogP contribution in [-0.4, -0.2) is 15.2 Å². The Labute approximate surface area is 191 Å². The summed E-state index contributed by atoms with van der Waals surface area (Å²) in [6.07, 6.45) is 7.40. The van der Waals surface area contributed by atoms with Gasteiger partial charge in [-0.15, -0.1) is 5.54 Å². The van der Waals surface area contributed by atoms with E-state index >= 15 is 0 Å². The highest BCUT2D eigenvalue weighted by atomic mass is 28.3. The van der Waals surface area contributed by atoms with Crippen LogP contribution in [-0.2, 0) is 0 Å². The monoisotopic (exact) mass is 430 g/mol. The average molecular weight is 431 g/mol. The van der Waals surface area contributed by atoms with Crippen LogP contribution in [0.5, 0.6) is 5.75 Å². The lowest BCUT2D eigenvalue weighted by Gasteiger charge is -2.38. The Morgan fingerprint density at radius 1 is 0.871 bits per heavy atom. The molecule has 31 heavy (non-hydrogen) atoms. The van der Waals surface area contributed by atoms with Crippen molar-refractivity contribution in [2.24, 2.45) is 0 Å². The van der Waals surface area contributed by atoms with E-state index in [1.807, 2.05) is 18.2 Å². The molecule has 164 valence electrons. The van der Waals surface area contributed by atoms with E-state index in [1.165, 1.54) is 16.7 Å². The molecule has 0 radical (unpaired) electrons. The molecule has 0 spiro atoms. The van der Waals surface area contributed by atoms with Gasteiger partial charge in [-0.05, 0) is 58.0 Å². The van der Waals surface area contributed by atoms with Gasteiger partial charge in [0.1, 0.15) is 13.8 Å². The van der Waals surface area contributed by atoms with Crippen molar-refractivity contribution in [2.75, 3.05) is 7.11 Å². The largest absolute Gasteiger partial charge is 0.497 e. The molecule has 1 nitrogen and oxygen atoms in total. The average Bonchev–Trinajstić information content (AvgIpc) is 2.75. The van der Waals surface area contributed by atoms with Gasteiger partial charge in [0.15, 0.2) is 0 Å². The van der Waals surface area contributed by atoms with Gasteiger partial charge in [-0.2, -0.15) is 0 Å². The molecule has 0 amide bonds. The van der Waals surface area contributed by atoms with Crippen LogP contribution < -0.4 is 4.74 Å². The molecular weight excluding hydrogens is 392 g/mol. The maximum absolute atomic E-state index is 5.34. The van der Waals surface area contributed by atoms with Gasteiger partial charge in [0.2, 0.25) is 0 Å². The molecule has 2 rings (SSSR count). The Hall–Kier alpha value is -2.50. The number of hydrogen-bond donors (Lipinski definition) is 0. The molecule has 2 aromatic carbocycles. The van der Waals surface area contributed by atoms with Crippen molar-refractivity contribution < 1.29 is 4.74 Å². The van der Waals surface area contributed by atoms with Crippen LogP contribution in [0.4, 0.5) is 0 Å². The number of hydrogen-bond acceptors (Lipinski definition) is 1. The lowest BCUT2D eigenvalue weighted by molar-refractivity contribution is 0.415. The molecule has 2 aromatic rings. The Balaban J connectivity index is 2.40. The first-order valence-electron chi connectivity index (χ1n) is 11.4. The fourth-order valence-corrected chi connectivity index (χ4v) is 9.82. The van der Waals surface area contributed by atoms with E-state index in [2.05, 4.69) is 108 Å². The Morgan fingerprint density at radius 2 is 1.45 bits per heavy atom. The highest BCUT2D eigenvalue weighted by Crippen LogP contribution is 2.40. The lowest BCUT2D eigenvalue weighted by atomic mass is 10.0. The summed E-state index contributed by atoms with van der Waals surface area (Å²) >= 11 is 0. The smallest absolute Gasteiger partial charge is 0.146 e. The van der Waals surface area contributed by atoms with Crippen LogP contribution in [0.1, 0.15) is 59.1 Å². The van der Waals surface area contributed by atoms with Crippen molar-refractivity contribution in [1.29, 1.82) is 0 Å². The predicted molar refractivity (Wildman–Crippen MR) is 140 cm³/mol. The van der Waals surface area contributed by atoms with E-state index in [1.54, 1.807) is 7.11 Å². The van der Waals surface area contributed by atoms with Gasteiger partial charge in [-0.25, -0.2) is 0 Å². The number of benzene rings is 2. The molecule has 0 atom stereocenters. The van der Waals surface area contributed by atoms with E-state index in [9.17, 15) is 0 Å². The quantitative estimate of drug-likeness (QED) is 0.302. The molecule has 0 saturated heterocycles. The number of ether oxygens (including phenoxy) is 1. The molecule has 0 bridgehead atoms. The first kappa shape index (κ1) is 24.8. The zero-order chi connectivity index (χ0) is 22.9. The normalized spacial score (nSPS) is 12.5. The highest BCUT2D eigenvalue weighted by molar-refractivity contribution is 6.90. The van der Waals surface area contributed by atoms with Crippen LogP contribution in [0, 0.1) is 11.5 Å². The zero-order valence-corrected chi connectivity index (χ0v) is 21.3. The van der Waals surface area contributed by atoms with Gasteiger partial charge >= 0.3 is 0 Å². The number of methoxy groups -OCH3 is 1. The van der Waals surface area contributed by atoms with Crippen molar-refractivity contribution in [3.63, 3.8) is 0 Å². The van der Waals surface area contributed by atoms with Crippen molar-refractivity contribution in [3.05, 3.63) is 77.9 Å². The highest BCUT2D eigenvalue weighted by Gasteiger charge is 2.41. The minimum Gasteiger partial charge on any atom is -0.497 e. The second-order valence-corrected chi connectivity index (χ2v) is 14.7. The summed E-state index contributed by atoms with van der Waals surface area (Å²) in [5, 5.41) is 0. The molecular formula is C29H38OSi. The molecule has 0 N–H and O–H groups in total. The van der Waals surface area contributed by atoms with Gasteiger partial charge in [-0.1, -0.05) is 102 Å². The number of allylic oxidation sites excluding steroid dienone is 3. The lowest BCUT2D eigenvalue weighted by Crippen LogP contribution is -2.43. The van der Waals surface area contributed by atoms with E-state index < -0.39 is 8.07 Å². The third-order valence-electron chi connectivity index (χ3n) is 6.31. The van der Waals surface area contributed by atoms with Gasteiger partial charge in [0.05, 0.1) is 7.11 Å². The molecule has 2 heteroatoms. The molecule has 0 fully saturated rings. The first-order chi connectivity index (χ1) is 14.8. The van der Waals surface area contributed by atoms with Gasteiger partial charge in [-0.3, -0.25) is 0 Å². The maximum atomic E-state index is 5.34. The summed E-state index contributed by atoms with van der Waals surface area (Å²) in [5.41, 5.74) is 9.38. The van der Waals surface area contributed by atoms with Crippen molar-refractivity contribution >= 4 is 19.7 Å². The summed E-state index contributed by atoms with van der Waals surface area (Å²) in [4.78, 5) is 0. The Kier molecular flexibility index (Phi) is 9.40. The van der Waals surface area contributed by atoms with E-state index in [4.69, 9.17) is 4.74 Å². The van der Waals surface area contributed by atoms with Crippen LogP contribution in [0.15, 0.2) is 66.7 Å². The minimum absolute atomic E-state index is 0.635. The van der Waals surface area contributed by atoms with Crippen LogP contribution in [0.3, 0.4) is 0 Å². The fraction of sp³-hybridized carbons (Fsp3) is 0.379. The summed E-state index contributed by atoms with van der Waals surface area (Å²) in [5.74, 6) is 4.41. The van der Waals surface area contributed by atoms with E-state index in [0.29, 0.717) is 16.6 Å². The van der Waals surface area contributed by atoms with Crippen molar-refractivity contribution in [3.8, 4) is 17.2 Å². The van der Waals surface area contributed by atoms with Gasteiger partial charge < -0.3 is 4.74 Å². The predicted octanol–water partition coefficient (Wildman–Crippen LogP) is 8.40. The maximum Gasteiger partial charge on any atom is 0.146 e. The third-order valence-corrected chi connectivity index (χ3v) is 12.6. The fourth-order valence-electron chi connectivity index (χ4n) is 4.63. The second-order valence-electron chi connectivity index (χ2n) is 9.08. The topological polar surface area (TPSA) is 9.23 Å². The third kappa shape index (κ3) is 6.49. The van der Waals surface area contributed by atoms with Crippen molar-refractivity contribution in [1.82, 2.24) is 0 Å². The zero-order valence-electron chi connectivity index (χ0n) is 20.3. The van der Waals surface area contributed by atoms with Crippen LogP contribution in [0.2, 0.25) is 16.6 Å². The SMILES string of the molecule is COc1ccc(/C(=C\C#C[Si](C(C)C)(C(C)C)C(C)C)C/C=C/c2ccccc2)cc1. The summed E-state index contributed by atoms with van der Waals surface area (Å²) < 4.78 is 5.34. The van der Waals surface area contributed by atoms with Crippen LogP contribution in [0.25, 0.3) is 11.6 Å². The molecule has 0 aliphatic rings. The number of rotatable bonds is 8. The standard InChI is InChI=1S/C29H38OSi/c1-23(2)31(24(3)4,25(5)6)22-12-17-27(28-18-20-29(30-7)21-19-28)16-11-15-26-13-9-8-10-14-26/h8-11,13-15,17-21,23-25H,16H2,1-7H3/b15-11+,27-17-. The van der Waals surface area contributed by atoms with Crippen LogP contribution >= 0.6 is 0 Å². The van der Waals surface area contributed by atoms with Gasteiger partial charge in [0, 0.05) is 0 Å².